The Labute approximate surface area is 308 Å². The molecule has 0 aliphatic rings. The highest BCUT2D eigenvalue weighted by atomic mass is 28.3. The summed E-state index contributed by atoms with van der Waals surface area (Å²) in [5.41, 5.74) is 9.88. The third kappa shape index (κ3) is 15.2. The Bertz CT molecular complexity index is 1380. The average Bonchev–Trinajstić information content (AvgIpc) is 3.15. The predicted molar refractivity (Wildman–Crippen MR) is 201 cm³/mol. The number of hydrogen-bond donors (Lipinski definition) is 0. The van der Waals surface area contributed by atoms with E-state index in [2.05, 4.69) is 55.9 Å². The largest absolute Gasteiger partial charge is 0.543 e. The molecule has 52 heavy (non-hydrogen) atoms. The van der Waals surface area contributed by atoms with Crippen molar-refractivity contribution < 1.29 is 58.3 Å². The zero-order valence-corrected chi connectivity index (χ0v) is 32.5. The van der Waals surface area contributed by atoms with Gasteiger partial charge in [-0.05, 0) is 59.3 Å². The number of carbonyl (C=O) groups excluding carboxylic acids is 4. The summed E-state index contributed by atoms with van der Waals surface area (Å²) in [5.74, 6) is -1.61. The smallest absolute Gasteiger partial charge is 0.432 e. The first kappa shape index (κ1) is 43.4. The number of hydrogen-bond acceptors (Lipinski definition) is 12. The third-order valence-corrected chi connectivity index (χ3v) is 12.5. The fourth-order valence-electron chi connectivity index (χ4n) is 5.15. The Kier molecular flexibility index (Phi) is 21.1. The molecular weight excluding hydrogens is 705 g/mol. The number of unbranched alkanes of at least 4 members (excludes halogenated alkanes) is 7. The van der Waals surface area contributed by atoms with Gasteiger partial charge in [-0.25, -0.2) is 29.0 Å². The maximum Gasteiger partial charge on any atom is 0.543 e. The van der Waals surface area contributed by atoms with E-state index in [0.717, 1.165) is 72.9 Å². The molecule has 0 spiro atoms. The van der Waals surface area contributed by atoms with E-state index < -0.39 is 41.8 Å². The van der Waals surface area contributed by atoms with Gasteiger partial charge in [-0.1, -0.05) is 99.4 Å². The maximum atomic E-state index is 12.5. The van der Waals surface area contributed by atoms with Crippen LogP contribution in [-0.2, 0) is 51.9 Å². The van der Waals surface area contributed by atoms with Crippen LogP contribution in [0.15, 0.2) is 85.5 Å². The van der Waals surface area contributed by atoms with E-state index in [9.17, 15) is 19.2 Å². The Morgan fingerprint density at radius 1 is 0.538 bits per heavy atom. The van der Waals surface area contributed by atoms with Crippen LogP contribution in [0, 0.1) is 0 Å². The van der Waals surface area contributed by atoms with Gasteiger partial charge in [-0.2, -0.15) is 0 Å². The molecule has 0 aliphatic heterocycles. The molecule has 0 amide bonds. The first-order chi connectivity index (χ1) is 25.2. The highest BCUT2D eigenvalue weighted by molar-refractivity contribution is 6.83. The summed E-state index contributed by atoms with van der Waals surface area (Å²) in [4.78, 5) is 66.7. The quantitative estimate of drug-likeness (QED) is 0.0350. The average molecular weight is 755 g/mol. The molecule has 0 N–H and O–H groups in total. The molecule has 0 saturated carbocycles. The molecule has 0 bridgehead atoms. The van der Waals surface area contributed by atoms with E-state index >= 15 is 0 Å². The minimum Gasteiger partial charge on any atom is -0.432 e. The van der Waals surface area contributed by atoms with Crippen LogP contribution in [0.1, 0.15) is 97.1 Å². The molecule has 0 aliphatic carbocycles. The van der Waals surface area contributed by atoms with Crippen molar-refractivity contribution in [2.75, 3.05) is 13.2 Å². The maximum absolute atomic E-state index is 12.5. The van der Waals surface area contributed by atoms with Crippen LogP contribution in [-0.4, -0.2) is 55.1 Å². The fourth-order valence-corrected chi connectivity index (χ4v) is 8.51. The van der Waals surface area contributed by atoms with Crippen LogP contribution in [0.3, 0.4) is 0 Å². The number of ether oxygens (including phenoxy) is 2. The van der Waals surface area contributed by atoms with Gasteiger partial charge in [-0.3, -0.25) is 9.78 Å². The zero-order chi connectivity index (χ0) is 38.1. The second-order valence-corrected chi connectivity index (χ2v) is 16.8. The molecule has 0 atom stereocenters. The van der Waals surface area contributed by atoms with E-state index in [-0.39, 0.29) is 13.2 Å². The van der Waals surface area contributed by atoms with E-state index in [1.54, 1.807) is 34.9 Å². The minimum atomic E-state index is -1.80. The van der Waals surface area contributed by atoms with Crippen molar-refractivity contribution in [1.82, 2.24) is 0 Å². The molecule has 2 aromatic carbocycles. The van der Waals surface area contributed by atoms with Crippen molar-refractivity contribution in [3.63, 3.8) is 0 Å². The fraction of sp³-hybridized carbons (Fsp3) is 0.368. The zero-order valence-electron chi connectivity index (χ0n) is 30.1. The van der Waals surface area contributed by atoms with E-state index in [1.165, 1.54) is 0 Å². The Morgan fingerprint density at radius 2 is 0.885 bits per heavy atom. The Hall–Kier alpha value is -4.77. The topological polar surface area (TPSA) is 142 Å². The van der Waals surface area contributed by atoms with Crippen LogP contribution in [0.4, 0.5) is 9.59 Å². The molecule has 12 nitrogen and oxygen atoms in total. The Morgan fingerprint density at radius 3 is 1.21 bits per heavy atom. The van der Waals surface area contributed by atoms with Crippen LogP contribution in [0.25, 0.3) is 0 Å². The van der Waals surface area contributed by atoms with Gasteiger partial charge >= 0.3 is 24.2 Å². The first-order valence-electron chi connectivity index (χ1n) is 17.4. The SMILES string of the molecule is C=C[SiH](C=C)c1cc(CC)ccc1C(=O)OOOC(=O)OCCCCCCCCCCOC(=O)OOOC(=O)c1ccc(CC)cc1[SiH](C=C)C=C. The Balaban J connectivity index is 1.49. The van der Waals surface area contributed by atoms with Gasteiger partial charge in [0.05, 0.1) is 34.4 Å². The van der Waals surface area contributed by atoms with Crippen molar-refractivity contribution in [1.29, 1.82) is 0 Å². The van der Waals surface area contributed by atoms with Gasteiger partial charge < -0.3 is 9.47 Å². The molecule has 0 heterocycles. The molecule has 2 aromatic rings. The molecule has 0 aromatic heterocycles. The predicted octanol–water partition coefficient (Wildman–Crippen LogP) is 6.71. The second-order valence-electron chi connectivity index (χ2n) is 11.6. The van der Waals surface area contributed by atoms with Gasteiger partial charge in [0.2, 0.25) is 0 Å². The standard InChI is InChI=1S/C38H50O12Si2/c1-7-29-21-23-31(33(27-29)51(9-3)10-4)35(39)45-49-47-37(41)43-25-19-17-15-13-14-16-18-20-26-44-38(42)48-50-46-36(40)32-24-22-30(8-2)28-34(32)52(11-5)12-6/h9-12,21-24,27-28,51-52H,3-8,13-20,25-26H2,1-2H3. The van der Waals surface area contributed by atoms with Crippen molar-refractivity contribution in [3.05, 3.63) is 108 Å². The minimum absolute atomic E-state index is 0.126. The monoisotopic (exact) mass is 754 g/mol. The molecule has 0 unspecified atom stereocenters. The van der Waals surface area contributed by atoms with Crippen molar-refractivity contribution in [2.24, 2.45) is 0 Å². The summed E-state index contributed by atoms with van der Waals surface area (Å²) in [7, 11) is -3.60. The number of aryl methyl sites for hydroxylation is 2. The van der Waals surface area contributed by atoms with Crippen LogP contribution < -0.4 is 10.4 Å². The summed E-state index contributed by atoms with van der Waals surface area (Å²) in [6.07, 6.45) is 6.16. The lowest BCUT2D eigenvalue weighted by atomic mass is 10.1. The molecule has 0 radical (unpaired) electrons. The van der Waals surface area contributed by atoms with Gasteiger partial charge in [0, 0.05) is 0 Å². The normalized spacial score (nSPS) is 10.6. The lowest BCUT2D eigenvalue weighted by Gasteiger charge is -2.13. The van der Waals surface area contributed by atoms with Crippen LogP contribution in [0.2, 0.25) is 0 Å². The van der Waals surface area contributed by atoms with Crippen LogP contribution >= 0.6 is 0 Å². The molecule has 2 rings (SSSR count). The van der Waals surface area contributed by atoms with E-state index in [1.807, 2.05) is 38.1 Å². The first-order valence-corrected chi connectivity index (χ1v) is 21.2. The lowest BCUT2D eigenvalue weighted by molar-refractivity contribution is -0.452. The van der Waals surface area contributed by atoms with Crippen molar-refractivity contribution >= 4 is 52.2 Å². The van der Waals surface area contributed by atoms with E-state index in [0.29, 0.717) is 24.0 Å². The molecule has 14 heteroatoms. The molecule has 282 valence electrons. The van der Waals surface area contributed by atoms with Gasteiger partial charge in [0.15, 0.2) is 0 Å². The highest BCUT2D eigenvalue weighted by Crippen LogP contribution is 2.12. The third-order valence-electron chi connectivity index (χ3n) is 8.12. The molecular formula is C38H50O12Si2. The second kappa shape index (κ2) is 25.2. The number of carbonyl (C=O) groups is 4. The summed E-state index contributed by atoms with van der Waals surface area (Å²) in [5, 5.41) is 10.3. The van der Waals surface area contributed by atoms with Gasteiger partial charge in [-0.15, -0.1) is 26.3 Å². The summed E-state index contributed by atoms with van der Waals surface area (Å²) >= 11 is 0. The summed E-state index contributed by atoms with van der Waals surface area (Å²) < 4.78 is 9.89. The molecule has 0 saturated heterocycles. The van der Waals surface area contributed by atoms with Crippen LogP contribution in [0.5, 0.6) is 0 Å². The van der Waals surface area contributed by atoms with Gasteiger partial charge in [0.25, 0.3) is 0 Å². The highest BCUT2D eigenvalue weighted by Gasteiger charge is 2.22. The lowest BCUT2D eigenvalue weighted by Crippen LogP contribution is -2.32. The number of rotatable bonds is 25. The molecule has 0 fully saturated rings. The summed E-state index contributed by atoms with van der Waals surface area (Å²) in [6.45, 7) is 19.6. The number of benzene rings is 2. The van der Waals surface area contributed by atoms with E-state index in [4.69, 9.17) is 9.47 Å². The van der Waals surface area contributed by atoms with Crippen molar-refractivity contribution in [3.8, 4) is 0 Å². The van der Waals surface area contributed by atoms with Crippen molar-refractivity contribution in [2.45, 2.75) is 78.1 Å². The van der Waals surface area contributed by atoms with Gasteiger partial charge in [0.1, 0.15) is 17.6 Å². The summed E-state index contributed by atoms with van der Waals surface area (Å²) in [6, 6.07) is 10.8.